The van der Waals surface area contributed by atoms with Gasteiger partial charge in [-0.1, -0.05) is 182 Å². The Kier molecular flexibility index (Phi) is 7.11. The lowest BCUT2D eigenvalue weighted by Gasteiger charge is -2.35. The smallest absolute Gasteiger partial charge is 0.164 e. The first-order valence-corrected chi connectivity index (χ1v) is 19.7. The van der Waals surface area contributed by atoms with Gasteiger partial charge in [0, 0.05) is 27.5 Å². The van der Waals surface area contributed by atoms with Gasteiger partial charge in [-0.15, -0.1) is 0 Å². The summed E-state index contributed by atoms with van der Waals surface area (Å²) < 4.78 is 6.36. The molecule has 9 aromatic carbocycles. The van der Waals surface area contributed by atoms with Crippen LogP contribution in [-0.4, -0.2) is 15.0 Å². The fourth-order valence-electron chi connectivity index (χ4n) is 9.52. The second-order valence-electron chi connectivity index (χ2n) is 15.1. The highest BCUT2D eigenvalue weighted by Crippen LogP contribution is 2.60. The molecule has 0 amide bonds. The minimum absolute atomic E-state index is 0.584. The minimum atomic E-state index is -0.693. The predicted molar refractivity (Wildman–Crippen MR) is 236 cm³/mol. The van der Waals surface area contributed by atoms with Gasteiger partial charge in [-0.25, -0.2) is 15.0 Å². The maximum Gasteiger partial charge on any atom is 0.164 e. The monoisotopic (exact) mass is 739 g/mol. The Hall–Kier alpha value is -7.69. The summed E-state index contributed by atoms with van der Waals surface area (Å²) in [5.41, 5.74) is 10.9. The van der Waals surface area contributed by atoms with Crippen molar-refractivity contribution in [2.24, 2.45) is 0 Å². The average Bonchev–Trinajstić information content (AvgIpc) is 3.83. The number of para-hydroxylation sites is 1. The standard InChI is InChI=1S/C54H33N3O/c1-4-16-36(17-5-1)51-55-52(37-29-31-42-41-23-12-13-26-46(41)58-47(42)33-37)57-53(56-51)44-25-14-24-43-49-45(32-30-35-28-27-34-15-10-11-22-40(34)48(35)49)54(50(43)44,38-18-6-2-7-19-38)39-20-8-3-9-21-39/h1-33H. The molecule has 0 saturated heterocycles. The summed E-state index contributed by atoms with van der Waals surface area (Å²) in [7, 11) is 0. The zero-order valence-corrected chi connectivity index (χ0v) is 31.3. The molecule has 12 rings (SSSR count). The molecule has 11 aromatic rings. The van der Waals surface area contributed by atoms with E-state index in [0.29, 0.717) is 17.5 Å². The van der Waals surface area contributed by atoms with Gasteiger partial charge in [0.05, 0.1) is 5.41 Å². The van der Waals surface area contributed by atoms with Crippen molar-refractivity contribution in [3.63, 3.8) is 0 Å². The maximum atomic E-state index is 6.36. The van der Waals surface area contributed by atoms with Crippen LogP contribution in [0, 0.1) is 0 Å². The number of nitrogens with zero attached hydrogens (tertiary/aromatic N) is 3. The number of rotatable bonds is 5. The van der Waals surface area contributed by atoms with E-state index in [1.807, 2.05) is 36.4 Å². The number of furan rings is 1. The summed E-state index contributed by atoms with van der Waals surface area (Å²) in [5.74, 6) is 1.81. The summed E-state index contributed by atoms with van der Waals surface area (Å²) in [6.07, 6.45) is 0. The molecule has 0 spiro atoms. The summed E-state index contributed by atoms with van der Waals surface area (Å²) in [6.45, 7) is 0. The molecule has 0 atom stereocenters. The second kappa shape index (κ2) is 12.7. The van der Waals surface area contributed by atoms with E-state index in [1.54, 1.807) is 0 Å². The fourth-order valence-corrected chi connectivity index (χ4v) is 9.52. The van der Waals surface area contributed by atoms with E-state index >= 15 is 0 Å². The summed E-state index contributed by atoms with van der Waals surface area (Å²) in [4.78, 5) is 15.9. The Morgan fingerprint density at radius 1 is 0.379 bits per heavy atom. The highest BCUT2D eigenvalue weighted by molar-refractivity contribution is 6.17. The Morgan fingerprint density at radius 2 is 0.966 bits per heavy atom. The van der Waals surface area contributed by atoms with E-state index in [9.17, 15) is 0 Å². The first-order chi connectivity index (χ1) is 28.8. The van der Waals surface area contributed by atoms with Crippen molar-refractivity contribution in [3.05, 3.63) is 222 Å². The largest absolute Gasteiger partial charge is 0.456 e. The molecule has 0 fully saturated rings. The number of hydrogen-bond donors (Lipinski definition) is 0. The minimum Gasteiger partial charge on any atom is -0.456 e. The van der Waals surface area contributed by atoms with Crippen molar-refractivity contribution in [2.45, 2.75) is 5.41 Å². The highest BCUT2D eigenvalue weighted by Gasteiger charge is 2.48. The molecule has 0 bridgehead atoms. The van der Waals surface area contributed by atoms with Gasteiger partial charge in [-0.2, -0.15) is 0 Å². The average molecular weight is 740 g/mol. The number of fused-ring (bicyclic) bond motifs is 10. The first-order valence-electron chi connectivity index (χ1n) is 19.7. The summed E-state index contributed by atoms with van der Waals surface area (Å²) in [5, 5.41) is 7.06. The third-order valence-corrected chi connectivity index (χ3v) is 12.0. The van der Waals surface area contributed by atoms with Crippen molar-refractivity contribution in [1.29, 1.82) is 0 Å². The normalized spacial score (nSPS) is 13.0. The Labute approximate surface area is 334 Å². The molecule has 0 N–H and O–H groups in total. The molecule has 1 aliphatic rings. The van der Waals surface area contributed by atoms with Gasteiger partial charge in [0.1, 0.15) is 11.2 Å². The fraction of sp³-hybridized carbons (Fsp3) is 0.0185. The van der Waals surface area contributed by atoms with Gasteiger partial charge >= 0.3 is 0 Å². The Morgan fingerprint density at radius 3 is 1.74 bits per heavy atom. The summed E-state index contributed by atoms with van der Waals surface area (Å²) in [6, 6.07) is 71.1. The molecule has 4 heteroatoms. The van der Waals surface area contributed by atoms with Crippen LogP contribution < -0.4 is 0 Å². The Bertz CT molecular complexity index is 3350. The van der Waals surface area contributed by atoms with Crippen LogP contribution >= 0.6 is 0 Å². The number of hydrogen-bond acceptors (Lipinski definition) is 4. The SMILES string of the molecule is c1ccc(-c2nc(-c3ccc4c(c3)oc3ccccc34)nc(-c3cccc4c3C(c3ccccc3)(c3ccccc3)c3ccc5ccc6ccccc6c5c3-4)n2)cc1. The quantitative estimate of drug-likeness (QED) is 0.165. The molecule has 4 nitrogen and oxygen atoms in total. The molecule has 1 aliphatic carbocycles. The molecular weight excluding hydrogens is 707 g/mol. The van der Waals surface area contributed by atoms with Crippen LogP contribution in [0.5, 0.6) is 0 Å². The van der Waals surface area contributed by atoms with Gasteiger partial charge in [-0.3, -0.25) is 0 Å². The lowest BCUT2D eigenvalue weighted by atomic mass is 9.66. The molecule has 2 heterocycles. The molecule has 0 radical (unpaired) electrons. The van der Waals surface area contributed by atoms with Gasteiger partial charge in [0.15, 0.2) is 17.5 Å². The van der Waals surface area contributed by atoms with Crippen LogP contribution in [0.3, 0.4) is 0 Å². The maximum absolute atomic E-state index is 6.36. The van der Waals surface area contributed by atoms with Crippen LogP contribution in [0.15, 0.2) is 205 Å². The zero-order valence-electron chi connectivity index (χ0n) is 31.3. The van der Waals surface area contributed by atoms with E-state index in [2.05, 4.69) is 164 Å². The van der Waals surface area contributed by atoms with Crippen molar-refractivity contribution in [1.82, 2.24) is 15.0 Å². The molecule has 0 unspecified atom stereocenters. The summed E-state index contributed by atoms with van der Waals surface area (Å²) >= 11 is 0. The third kappa shape index (κ3) is 4.72. The molecule has 0 aliphatic heterocycles. The van der Waals surface area contributed by atoms with E-state index in [1.165, 1.54) is 49.4 Å². The number of aromatic nitrogens is 3. The molecule has 58 heavy (non-hydrogen) atoms. The molecule has 0 saturated carbocycles. The molecular formula is C54H33N3O. The lowest BCUT2D eigenvalue weighted by molar-refractivity contribution is 0.669. The van der Waals surface area contributed by atoms with E-state index < -0.39 is 5.41 Å². The van der Waals surface area contributed by atoms with E-state index in [0.717, 1.165) is 44.2 Å². The number of benzene rings is 9. The van der Waals surface area contributed by atoms with Crippen molar-refractivity contribution in [2.75, 3.05) is 0 Å². The van der Waals surface area contributed by atoms with Crippen LogP contribution in [0.1, 0.15) is 22.3 Å². The van der Waals surface area contributed by atoms with E-state index in [-0.39, 0.29) is 0 Å². The second-order valence-corrected chi connectivity index (χ2v) is 15.1. The van der Waals surface area contributed by atoms with Crippen LogP contribution in [0.4, 0.5) is 0 Å². The lowest BCUT2D eigenvalue weighted by Crippen LogP contribution is -2.29. The third-order valence-electron chi connectivity index (χ3n) is 12.0. The Balaban J connectivity index is 1.20. The highest BCUT2D eigenvalue weighted by atomic mass is 16.3. The van der Waals surface area contributed by atoms with Crippen molar-refractivity contribution < 1.29 is 4.42 Å². The van der Waals surface area contributed by atoms with Crippen LogP contribution in [0.2, 0.25) is 0 Å². The van der Waals surface area contributed by atoms with Gasteiger partial charge in [0.25, 0.3) is 0 Å². The van der Waals surface area contributed by atoms with Crippen molar-refractivity contribution >= 4 is 43.5 Å². The van der Waals surface area contributed by atoms with Crippen molar-refractivity contribution in [3.8, 4) is 45.3 Å². The van der Waals surface area contributed by atoms with Gasteiger partial charge < -0.3 is 4.42 Å². The molecule has 270 valence electrons. The van der Waals surface area contributed by atoms with Crippen LogP contribution in [0.25, 0.3) is 88.8 Å². The zero-order chi connectivity index (χ0) is 38.2. The van der Waals surface area contributed by atoms with Crippen LogP contribution in [-0.2, 0) is 5.41 Å². The van der Waals surface area contributed by atoms with E-state index in [4.69, 9.17) is 19.4 Å². The first kappa shape index (κ1) is 32.5. The van der Waals surface area contributed by atoms with Gasteiger partial charge in [0.2, 0.25) is 0 Å². The van der Waals surface area contributed by atoms with Gasteiger partial charge in [-0.05, 0) is 73.1 Å². The predicted octanol–water partition coefficient (Wildman–Crippen LogP) is 13.4. The topological polar surface area (TPSA) is 51.8 Å². The molecule has 2 aromatic heterocycles.